The Morgan fingerprint density at radius 3 is 0.806 bits per heavy atom. The third-order valence-electron chi connectivity index (χ3n) is 16.1. The molecule has 0 saturated heterocycles. The van der Waals surface area contributed by atoms with Gasteiger partial charge in [0.1, 0.15) is 13.2 Å². The number of unbranched alkanes of at least 4 members (excludes halogenated alkanes) is 37. The van der Waals surface area contributed by atoms with Crippen LogP contribution in [0.4, 0.5) is 0 Å². The van der Waals surface area contributed by atoms with Gasteiger partial charge in [-0.3, -0.25) is 24.0 Å². The molecule has 1 amide bonds. The van der Waals surface area contributed by atoms with Gasteiger partial charge in [-0.05, 0) is 129 Å². The van der Waals surface area contributed by atoms with Crippen molar-refractivity contribution in [3.8, 4) is 0 Å². The first-order valence-corrected chi connectivity index (χ1v) is 38.6. The minimum atomic E-state index is -0.591. The Kier molecular flexibility index (Phi) is 95.3. The number of aliphatic hydroxyl groups excluding tert-OH is 1. The van der Waals surface area contributed by atoms with Crippen LogP contribution in [0.2, 0.25) is 0 Å². The Hall–Kier alpha value is -0.482. The van der Waals surface area contributed by atoms with Crippen LogP contribution in [0.25, 0.3) is 0 Å². The molecule has 0 aromatic heterocycles. The van der Waals surface area contributed by atoms with Crippen molar-refractivity contribution in [1.29, 1.82) is 0 Å². The zero-order chi connectivity index (χ0) is 67.4. The van der Waals surface area contributed by atoms with Crippen molar-refractivity contribution in [2.24, 2.45) is 0 Å². The summed E-state index contributed by atoms with van der Waals surface area (Å²) in [6.07, 6.45) is 68.9. The molecular formula is C76H145NO12P2Y2. The second kappa shape index (κ2) is 87.6. The van der Waals surface area contributed by atoms with Gasteiger partial charge in [-0.15, -0.1) is 0 Å². The molecular weight excluding hydrogens is 1360 g/mol. The normalized spacial score (nSPS) is 11.8. The van der Waals surface area contributed by atoms with E-state index in [1.54, 1.807) is 0 Å². The fraction of sp³-hybridized carbons (Fsp3) is 0.855. The molecule has 0 aliphatic carbocycles. The van der Waals surface area contributed by atoms with Gasteiger partial charge in [0.2, 0.25) is 5.91 Å². The molecule has 0 bridgehead atoms. The number of nitrogens with one attached hydrogen (secondary N) is 1. The van der Waals surface area contributed by atoms with Gasteiger partial charge >= 0.3 is 23.9 Å². The van der Waals surface area contributed by atoms with Crippen LogP contribution in [0.15, 0.2) is 36.5 Å². The van der Waals surface area contributed by atoms with Gasteiger partial charge in [0.15, 0.2) is 12.2 Å². The quantitative estimate of drug-likeness (QED) is 0.0194. The van der Waals surface area contributed by atoms with E-state index in [0.29, 0.717) is 38.6 Å². The van der Waals surface area contributed by atoms with Crippen molar-refractivity contribution in [1.82, 2.24) is 5.32 Å². The van der Waals surface area contributed by atoms with E-state index >= 15 is 0 Å². The van der Waals surface area contributed by atoms with Crippen LogP contribution < -0.4 is 5.32 Å². The minimum absolute atomic E-state index is 0. The van der Waals surface area contributed by atoms with E-state index in [2.05, 4.69) is 81.5 Å². The summed E-state index contributed by atoms with van der Waals surface area (Å²) in [7, 11) is 4.32. The van der Waals surface area contributed by atoms with E-state index < -0.39 is 12.2 Å². The van der Waals surface area contributed by atoms with Gasteiger partial charge in [0.05, 0.1) is 19.3 Å². The van der Waals surface area contributed by atoms with Crippen LogP contribution in [0, 0.1) is 0 Å². The Balaban J connectivity index is -0.000000502. The van der Waals surface area contributed by atoms with Crippen LogP contribution in [0.5, 0.6) is 0 Å². The fourth-order valence-electron chi connectivity index (χ4n) is 10.1. The summed E-state index contributed by atoms with van der Waals surface area (Å²) >= 11 is 0. The molecule has 0 saturated carbocycles. The average molecular weight is 1500 g/mol. The molecule has 4 atom stereocenters. The Bertz CT molecular complexity index is 1660. The third-order valence-corrected chi connectivity index (χ3v) is 16.4. The molecule has 0 heterocycles. The zero-order valence-electron chi connectivity index (χ0n) is 61.0. The van der Waals surface area contributed by atoms with Crippen molar-refractivity contribution in [2.45, 2.75) is 387 Å². The molecule has 0 aliphatic heterocycles. The van der Waals surface area contributed by atoms with E-state index in [9.17, 15) is 24.0 Å². The third kappa shape index (κ3) is 87.6. The van der Waals surface area contributed by atoms with E-state index in [0.717, 1.165) is 122 Å². The smallest absolute Gasteiger partial charge is 0.306 e. The summed E-state index contributed by atoms with van der Waals surface area (Å²) < 4.78 is 31.8. The van der Waals surface area contributed by atoms with E-state index in [1.807, 2.05) is 20.8 Å². The summed E-state index contributed by atoms with van der Waals surface area (Å²) in [5, 5.41) is 11.5. The molecule has 2 radical (unpaired) electrons. The topological polar surface area (TPSA) is 173 Å². The largest absolute Gasteiger partial charge is 0.462 e. The molecule has 13 nitrogen and oxygen atoms in total. The van der Waals surface area contributed by atoms with Crippen LogP contribution in [0.1, 0.15) is 369 Å². The summed E-state index contributed by atoms with van der Waals surface area (Å²) in [4.78, 5) is 60.2. The summed E-state index contributed by atoms with van der Waals surface area (Å²) in [6.45, 7) is 13.8. The minimum Gasteiger partial charge on any atom is -0.462 e. The number of carbonyl (C=O) groups is 5. The molecule has 0 spiro atoms. The van der Waals surface area contributed by atoms with E-state index in [-0.39, 0.29) is 128 Å². The molecule has 93 heavy (non-hydrogen) atoms. The molecule has 17 heteroatoms. The molecule has 0 aromatic carbocycles. The number of allylic oxidation sites excluding steroid dienone is 6. The fourth-order valence-corrected chi connectivity index (χ4v) is 10.6. The molecule has 2 N–H and O–H groups in total. The maximum Gasteiger partial charge on any atom is 0.306 e. The molecule has 0 rings (SSSR count). The number of aliphatic hydroxyl groups is 1. The number of hydrogen-bond acceptors (Lipinski definition) is 12. The van der Waals surface area contributed by atoms with E-state index in [4.69, 9.17) is 33.1 Å². The zero-order valence-corrected chi connectivity index (χ0v) is 69.0. The van der Waals surface area contributed by atoms with Crippen molar-refractivity contribution in [3.63, 3.8) is 0 Å². The number of esters is 4. The maximum absolute atomic E-state index is 12.3. The predicted octanol–water partition coefficient (Wildman–Crippen LogP) is 21.6. The molecule has 0 aliphatic rings. The molecule has 0 aromatic rings. The maximum atomic E-state index is 12.3. The van der Waals surface area contributed by atoms with Crippen molar-refractivity contribution in [2.75, 3.05) is 33.0 Å². The van der Waals surface area contributed by atoms with Gasteiger partial charge in [-0.1, -0.05) is 244 Å². The molecule has 0 fully saturated rings. The second-order valence-electron chi connectivity index (χ2n) is 25.0. The average Bonchev–Trinajstić information content (AvgIpc) is 3.64. The number of amides is 1. The van der Waals surface area contributed by atoms with Crippen LogP contribution in [-0.4, -0.2) is 86.2 Å². The first-order valence-electron chi connectivity index (χ1n) is 37.7. The van der Waals surface area contributed by atoms with Gasteiger partial charge in [-0.25, -0.2) is 0 Å². The first-order chi connectivity index (χ1) is 44.5. The summed E-state index contributed by atoms with van der Waals surface area (Å²) in [6, 6.07) is 0. The Morgan fingerprint density at radius 1 is 0.333 bits per heavy atom. The SMILES string of the molecule is CCC(O)CC.CCCCCCCC/C=C\CCCCCCCC(=O)OC[C@H](COP)OC(=O)CCCCCCC/C=C\CCCCCCCC.CCCCCCCC/C=C\CCCCCCCC(=O)O[C@@H](COP)COC(=O)CCCCCCCC(=O)NCC.[Y].[Y]. The van der Waals surface area contributed by atoms with E-state index in [1.165, 1.54) is 173 Å². The predicted molar refractivity (Wildman–Crippen MR) is 389 cm³/mol. The Morgan fingerprint density at radius 2 is 0.570 bits per heavy atom. The van der Waals surface area contributed by atoms with Crippen molar-refractivity contribution < 1.29 is 122 Å². The van der Waals surface area contributed by atoms with Crippen LogP contribution in [-0.2, 0) is 117 Å². The van der Waals surface area contributed by atoms with Gasteiger partial charge in [0, 0.05) is 123 Å². The van der Waals surface area contributed by atoms with Crippen molar-refractivity contribution in [3.05, 3.63) is 36.5 Å². The Labute approximate surface area is 627 Å². The van der Waals surface area contributed by atoms with Gasteiger partial charge in [-0.2, -0.15) is 0 Å². The summed E-state index contributed by atoms with van der Waals surface area (Å²) in [5.41, 5.74) is 0. The first kappa shape index (κ1) is 101. The number of rotatable bonds is 66. The van der Waals surface area contributed by atoms with Gasteiger partial charge in [0.25, 0.3) is 0 Å². The van der Waals surface area contributed by atoms with Crippen LogP contribution in [0.3, 0.4) is 0 Å². The molecule has 542 valence electrons. The number of ether oxygens (including phenoxy) is 4. The second-order valence-corrected chi connectivity index (χ2v) is 25.6. The van der Waals surface area contributed by atoms with Crippen molar-refractivity contribution >= 4 is 48.7 Å². The summed E-state index contributed by atoms with van der Waals surface area (Å²) in [5.74, 6) is -0.927. The number of carbonyl (C=O) groups excluding carboxylic acids is 5. The monoisotopic (exact) mass is 1500 g/mol. The standard InChI is InChI=1S/C39H73O5P.C32H60NO6P.C5H12O.2Y/c1-3-5-7-9-11-13-15-17-19-21-23-25-27-29-31-33-38(40)42-35-37(36-43-45)44-39(41)34-32-30-28-26-24-22-20-18-16-14-12-10-8-6-4-2;1-3-5-6-7-8-9-10-11-12-13-14-15-16-19-23-26-32(36)39-29(28-38-40)27-37-31(35)25-22-20-17-18-21-24-30(34)33-4-2;1-3-5(6)4-2;;/h17-20,37H,3-16,21-36,45H2,1-2H3;11-12,29H,3-10,13-28,40H2,1-2H3,(H,33,34);5-6H,3-4H2,1-2H3;;/b19-17-,20-18-;12-11-;;;/t37-;29-;;;/m11.../s1. The molecule has 2 unspecified atom stereocenters. The van der Waals surface area contributed by atoms with Crippen LogP contribution >= 0.6 is 18.9 Å². The van der Waals surface area contributed by atoms with Gasteiger partial charge < -0.3 is 38.4 Å². The number of hydrogen-bond donors (Lipinski definition) is 2.